The number of nitrogens with one attached hydrogen (secondary N) is 1. The van der Waals surface area contributed by atoms with Crippen LogP contribution in [-0.4, -0.2) is 75.6 Å². The highest BCUT2D eigenvalue weighted by Crippen LogP contribution is 2.22. The van der Waals surface area contributed by atoms with E-state index in [9.17, 15) is 4.79 Å². The van der Waals surface area contributed by atoms with Crippen LogP contribution in [0.1, 0.15) is 44.2 Å². The molecule has 0 radical (unpaired) electrons. The molecule has 4 heterocycles. The van der Waals surface area contributed by atoms with E-state index in [4.69, 9.17) is 5.26 Å². The van der Waals surface area contributed by atoms with E-state index in [-0.39, 0.29) is 18.1 Å². The van der Waals surface area contributed by atoms with E-state index < -0.39 is 0 Å². The summed E-state index contributed by atoms with van der Waals surface area (Å²) in [4.78, 5) is 32.2. The van der Waals surface area contributed by atoms with Gasteiger partial charge in [-0.1, -0.05) is 0 Å². The summed E-state index contributed by atoms with van der Waals surface area (Å²) in [6.45, 7) is 9.37. The Morgan fingerprint density at radius 2 is 1.76 bits per heavy atom. The van der Waals surface area contributed by atoms with Gasteiger partial charge in [-0.3, -0.25) is 9.88 Å². The molecule has 34 heavy (non-hydrogen) atoms. The molecule has 0 saturated carbocycles. The van der Waals surface area contributed by atoms with Crippen LogP contribution in [0.2, 0.25) is 0 Å². The first-order chi connectivity index (χ1) is 16.5. The van der Waals surface area contributed by atoms with Crippen LogP contribution in [-0.2, 0) is 6.54 Å². The second-order valence-corrected chi connectivity index (χ2v) is 9.49. The van der Waals surface area contributed by atoms with Gasteiger partial charge in [0.1, 0.15) is 6.07 Å². The molecule has 1 N–H and O–H groups in total. The van der Waals surface area contributed by atoms with Crippen molar-refractivity contribution in [2.45, 2.75) is 51.7 Å². The monoisotopic (exact) mass is 462 g/mol. The predicted octanol–water partition coefficient (Wildman–Crippen LogP) is 2.65. The maximum Gasteiger partial charge on any atom is 0.318 e. The first-order valence-electron chi connectivity index (χ1n) is 12.2. The van der Waals surface area contributed by atoms with Gasteiger partial charge < -0.3 is 15.1 Å². The molecular formula is C25H34N8O. The Hall–Kier alpha value is -3.25. The summed E-state index contributed by atoms with van der Waals surface area (Å²) in [7, 11) is 0. The van der Waals surface area contributed by atoms with E-state index in [0.717, 1.165) is 26.1 Å². The molecule has 2 fully saturated rings. The highest BCUT2D eigenvalue weighted by molar-refractivity contribution is 5.75. The van der Waals surface area contributed by atoms with Gasteiger partial charge in [0.2, 0.25) is 5.95 Å². The van der Waals surface area contributed by atoms with Crippen LogP contribution in [0.4, 0.5) is 10.7 Å². The zero-order chi connectivity index (χ0) is 23.9. The fourth-order valence-corrected chi connectivity index (χ4v) is 5.08. The summed E-state index contributed by atoms with van der Waals surface area (Å²) < 4.78 is 0. The number of urea groups is 1. The lowest BCUT2D eigenvalue weighted by Gasteiger charge is -2.44. The first-order valence-corrected chi connectivity index (χ1v) is 12.2. The van der Waals surface area contributed by atoms with Crippen LogP contribution in [0.15, 0.2) is 36.9 Å². The molecule has 0 aliphatic carbocycles. The van der Waals surface area contributed by atoms with Crippen LogP contribution >= 0.6 is 0 Å². The number of likely N-dealkylation sites (tertiary alicyclic amines) is 1. The fourth-order valence-electron chi connectivity index (χ4n) is 5.08. The van der Waals surface area contributed by atoms with E-state index in [1.807, 2.05) is 23.4 Å². The number of carbonyl (C=O) groups excluding carboxylic acids is 1. The maximum absolute atomic E-state index is 13.0. The van der Waals surface area contributed by atoms with Gasteiger partial charge in [0.05, 0.1) is 18.0 Å². The molecule has 4 rings (SSSR count). The number of anilines is 1. The summed E-state index contributed by atoms with van der Waals surface area (Å²) in [6, 6.07) is 6.30. The number of nitrogens with zero attached hydrogens (tertiary/aromatic N) is 7. The Morgan fingerprint density at radius 1 is 1.12 bits per heavy atom. The lowest BCUT2D eigenvalue weighted by molar-refractivity contribution is 0.139. The summed E-state index contributed by atoms with van der Waals surface area (Å²) in [6.07, 6.45) is 10.2. The minimum atomic E-state index is 0.00974. The Balaban J connectivity index is 1.19. The number of hydrogen-bond acceptors (Lipinski definition) is 7. The van der Waals surface area contributed by atoms with Crippen LogP contribution in [0, 0.1) is 17.2 Å². The predicted molar refractivity (Wildman–Crippen MR) is 130 cm³/mol. The molecule has 0 aromatic carbocycles. The number of carbonyl (C=O) groups is 1. The van der Waals surface area contributed by atoms with Crippen molar-refractivity contribution in [1.29, 1.82) is 5.26 Å². The van der Waals surface area contributed by atoms with Crippen molar-refractivity contribution in [3.8, 4) is 6.07 Å². The Labute approximate surface area is 201 Å². The number of piperazine rings is 1. The molecular weight excluding hydrogens is 428 g/mol. The van der Waals surface area contributed by atoms with Crippen molar-refractivity contribution in [3.05, 3.63) is 48.0 Å². The second kappa shape index (κ2) is 11.3. The smallest absolute Gasteiger partial charge is 0.318 e. The van der Waals surface area contributed by atoms with Gasteiger partial charge in [-0.2, -0.15) is 5.26 Å². The zero-order valence-electron chi connectivity index (χ0n) is 20.1. The van der Waals surface area contributed by atoms with Crippen molar-refractivity contribution in [1.82, 2.24) is 30.1 Å². The Morgan fingerprint density at radius 3 is 2.38 bits per heavy atom. The zero-order valence-corrected chi connectivity index (χ0v) is 20.1. The third kappa shape index (κ3) is 6.00. The normalized spacial score (nSPS) is 21.8. The van der Waals surface area contributed by atoms with E-state index in [0.29, 0.717) is 37.1 Å². The van der Waals surface area contributed by atoms with Crippen molar-refractivity contribution in [3.63, 3.8) is 0 Å². The van der Waals surface area contributed by atoms with Gasteiger partial charge in [0, 0.05) is 50.7 Å². The molecule has 2 atom stereocenters. The molecule has 2 aliphatic heterocycles. The van der Waals surface area contributed by atoms with Gasteiger partial charge in [-0.05, 0) is 69.8 Å². The summed E-state index contributed by atoms with van der Waals surface area (Å²) >= 11 is 0. The number of rotatable bonds is 6. The molecule has 0 bridgehead atoms. The second-order valence-electron chi connectivity index (χ2n) is 9.49. The summed E-state index contributed by atoms with van der Waals surface area (Å²) in [5.41, 5.74) is 1.76. The lowest BCUT2D eigenvalue weighted by Crippen LogP contribution is -2.61. The van der Waals surface area contributed by atoms with Crippen LogP contribution < -0.4 is 10.2 Å². The molecule has 180 valence electrons. The first kappa shape index (κ1) is 23.9. The number of pyridine rings is 1. The van der Waals surface area contributed by atoms with Crippen LogP contribution in [0.3, 0.4) is 0 Å². The van der Waals surface area contributed by atoms with Crippen molar-refractivity contribution >= 4 is 12.0 Å². The topological polar surface area (TPSA) is 101 Å². The summed E-state index contributed by atoms with van der Waals surface area (Å²) in [5, 5.41) is 12.1. The fraction of sp³-hybridized carbons (Fsp3) is 0.560. The number of hydrogen-bond donors (Lipinski definition) is 1. The van der Waals surface area contributed by atoms with Gasteiger partial charge in [0.15, 0.2) is 0 Å². The van der Waals surface area contributed by atoms with E-state index in [1.54, 1.807) is 12.4 Å². The summed E-state index contributed by atoms with van der Waals surface area (Å²) in [5.74, 6) is 1.27. The number of nitriles is 1. The number of aromatic nitrogens is 3. The van der Waals surface area contributed by atoms with Gasteiger partial charge in [-0.15, -0.1) is 0 Å². The lowest BCUT2D eigenvalue weighted by atomic mass is 9.93. The number of piperidine rings is 1. The van der Waals surface area contributed by atoms with E-state index in [2.05, 4.69) is 56.0 Å². The van der Waals surface area contributed by atoms with Crippen molar-refractivity contribution in [2.24, 2.45) is 5.92 Å². The quantitative estimate of drug-likeness (QED) is 0.704. The van der Waals surface area contributed by atoms with Crippen LogP contribution in [0.25, 0.3) is 0 Å². The third-order valence-electron chi connectivity index (χ3n) is 6.90. The highest BCUT2D eigenvalue weighted by atomic mass is 16.2. The van der Waals surface area contributed by atoms with E-state index >= 15 is 0 Å². The average Bonchev–Trinajstić information content (AvgIpc) is 2.85. The Bertz CT molecular complexity index is 957. The standard InChI is InChI=1S/C25H34N8O/c1-19-16-32(24-29-14-23(13-26)15-30-24)17-20(2)33(19)25(34)28-10-5-21-6-11-31(12-7-21)18-22-3-8-27-9-4-22/h3-4,8-9,14-15,19-21H,5-7,10-12,16-18H2,1-2H3,(H,28,34)/t19-,20+. The molecule has 9 heteroatoms. The SMILES string of the molecule is C[C@@H]1CN(c2ncc(C#N)cn2)C[C@H](C)N1C(=O)NCCC1CCN(Cc2ccncc2)CC1. The molecule has 9 nitrogen and oxygen atoms in total. The minimum Gasteiger partial charge on any atom is -0.338 e. The van der Waals surface area contributed by atoms with Crippen LogP contribution in [0.5, 0.6) is 0 Å². The van der Waals surface area contributed by atoms with Gasteiger partial charge in [0.25, 0.3) is 0 Å². The van der Waals surface area contributed by atoms with Gasteiger partial charge >= 0.3 is 6.03 Å². The molecule has 0 unspecified atom stereocenters. The molecule has 2 aromatic heterocycles. The maximum atomic E-state index is 13.0. The number of amides is 2. The third-order valence-corrected chi connectivity index (χ3v) is 6.90. The van der Waals surface area contributed by atoms with Crippen molar-refractivity contribution in [2.75, 3.05) is 37.6 Å². The van der Waals surface area contributed by atoms with Crippen molar-refractivity contribution < 1.29 is 4.79 Å². The highest BCUT2D eigenvalue weighted by Gasteiger charge is 2.34. The molecule has 2 saturated heterocycles. The molecule has 2 aliphatic rings. The minimum absolute atomic E-state index is 0.00974. The van der Waals surface area contributed by atoms with E-state index in [1.165, 1.54) is 18.4 Å². The Kier molecular flexibility index (Phi) is 7.91. The largest absolute Gasteiger partial charge is 0.338 e. The molecule has 2 aromatic rings. The van der Waals surface area contributed by atoms with Gasteiger partial charge in [-0.25, -0.2) is 14.8 Å². The average molecular weight is 463 g/mol. The molecule has 0 spiro atoms. The molecule has 2 amide bonds.